The first kappa shape index (κ1) is 25.6. The molecule has 2 aromatic rings. The van der Waals surface area contributed by atoms with Gasteiger partial charge < -0.3 is 19.5 Å². The van der Waals surface area contributed by atoms with Gasteiger partial charge >= 0.3 is 0 Å². The molecule has 5 rings (SSSR count). The minimum absolute atomic E-state index is 0.0948. The van der Waals surface area contributed by atoms with Crippen LogP contribution in [0.1, 0.15) is 81.4 Å². The van der Waals surface area contributed by atoms with Gasteiger partial charge in [-0.05, 0) is 110 Å². The highest BCUT2D eigenvalue weighted by molar-refractivity contribution is 5.51. The summed E-state index contributed by atoms with van der Waals surface area (Å²) in [4.78, 5) is 2.51. The zero-order valence-corrected chi connectivity index (χ0v) is 22.7. The second-order valence-electron chi connectivity index (χ2n) is 12.3. The number of fused-ring (bicyclic) bond motifs is 1. The maximum Gasteiger partial charge on any atom is 0.159 e. The zero-order chi connectivity index (χ0) is 25.3. The van der Waals surface area contributed by atoms with Gasteiger partial charge in [0.1, 0.15) is 5.75 Å². The van der Waals surface area contributed by atoms with E-state index in [1.807, 2.05) is 12.1 Å². The standard InChI is InChI=1S/C32H45NO3/c1-32(2)17-13-22(14-18-32)28-11-7-25-21-27(34)10-12-29(25)30(28)23-5-8-26(9-6-23)33-19-15-24(16-20-33)31(35-3)36-4/h5-6,8-10,12,21-22,24,28,30-31,34H,7,11,13-20H2,1-4H3/t28-,30+/m0/s1. The summed E-state index contributed by atoms with van der Waals surface area (Å²) in [5, 5.41) is 10.2. The zero-order valence-electron chi connectivity index (χ0n) is 22.7. The van der Waals surface area contributed by atoms with Crippen molar-refractivity contribution >= 4 is 5.69 Å². The number of phenols is 1. The Morgan fingerprint density at radius 3 is 2.19 bits per heavy atom. The maximum atomic E-state index is 10.2. The smallest absolute Gasteiger partial charge is 0.159 e. The van der Waals surface area contributed by atoms with Crippen molar-refractivity contribution in [2.24, 2.45) is 23.2 Å². The number of anilines is 1. The molecule has 2 fully saturated rings. The lowest BCUT2D eigenvalue weighted by Crippen LogP contribution is -2.39. The predicted molar refractivity (Wildman–Crippen MR) is 147 cm³/mol. The Labute approximate surface area is 218 Å². The fourth-order valence-electron chi connectivity index (χ4n) is 7.42. The van der Waals surface area contributed by atoms with Crippen LogP contribution in [0.4, 0.5) is 5.69 Å². The highest BCUT2D eigenvalue weighted by Crippen LogP contribution is 2.51. The lowest BCUT2D eigenvalue weighted by molar-refractivity contribution is -0.141. The second kappa shape index (κ2) is 10.8. The molecule has 2 atom stereocenters. The monoisotopic (exact) mass is 491 g/mol. The molecule has 0 spiro atoms. The Morgan fingerprint density at radius 2 is 1.56 bits per heavy atom. The van der Waals surface area contributed by atoms with Crippen molar-refractivity contribution < 1.29 is 14.6 Å². The molecule has 0 amide bonds. The van der Waals surface area contributed by atoms with Crippen molar-refractivity contribution in [3.63, 3.8) is 0 Å². The normalized spacial score (nSPS) is 25.2. The number of aromatic hydroxyl groups is 1. The van der Waals surface area contributed by atoms with Crippen LogP contribution < -0.4 is 4.90 Å². The van der Waals surface area contributed by atoms with Gasteiger partial charge in [0.2, 0.25) is 0 Å². The quantitative estimate of drug-likeness (QED) is 0.436. The summed E-state index contributed by atoms with van der Waals surface area (Å²) in [7, 11) is 3.48. The van der Waals surface area contributed by atoms with E-state index in [2.05, 4.69) is 49.1 Å². The average Bonchev–Trinajstić information content (AvgIpc) is 2.89. The molecule has 1 saturated heterocycles. The van der Waals surface area contributed by atoms with E-state index in [0.717, 1.165) is 38.3 Å². The van der Waals surface area contributed by atoms with Gasteiger partial charge in [0, 0.05) is 44.8 Å². The molecular weight excluding hydrogens is 446 g/mol. The van der Waals surface area contributed by atoms with Crippen LogP contribution in [0.15, 0.2) is 42.5 Å². The molecule has 1 saturated carbocycles. The van der Waals surface area contributed by atoms with Crippen molar-refractivity contribution in [2.75, 3.05) is 32.2 Å². The van der Waals surface area contributed by atoms with Crippen LogP contribution in [-0.4, -0.2) is 38.7 Å². The van der Waals surface area contributed by atoms with Crippen molar-refractivity contribution in [1.82, 2.24) is 0 Å². The summed E-state index contributed by atoms with van der Waals surface area (Å²) >= 11 is 0. The minimum Gasteiger partial charge on any atom is -0.508 e. The minimum atomic E-state index is -0.0948. The number of benzene rings is 2. The summed E-state index contributed by atoms with van der Waals surface area (Å²) in [6, 6.07) is 15.6. The molecular formula is C32H45NO3. The number of nitrogens with zero attached hydrogens (tertiary/aromatic N) is 1. The van der Waals surface area contributed by atoms with E-state index in [4.69, 9.17) is 9.47 Å². The third-order valence-electron chi connectivity index (χ3n) is 9.63. The van der Waals surface area contributed by atoms with Crippen LogP contribution in [-0.2, 0) is 15.9 Å². The molecule has 36 heavy (non-hydrogen) atoms. The van der Waals surface area contributed by atoms with Gasteiger partial charge in [-0.3, -0.25) is 0 Å². The van der Waals surface area contributed by atoms with Crippen molar-refractivity contribution in [2.45, 2.75) is 77.4 Å². The molecule has 3 aliphatic rings. The van der Waals surface area contributed by atoms with E-state index < -0.39 is 0 Å². The van der Waals surface area contributed by atoms with Gasteiger partial charge in [-0.25, -0.2) is 0 Å². The molecule has 4 heteroatoms. The molecule has 1 N–H and O–H groups in total. The Kier molecular flexibility index (Phi) is 7.65. The van der Waals surface area contributed by atoms with Crippen LogP contribution in [0.3, 0.4) is 0 Å². The summed E-state index contributed by atoms with van der Waals surface area (Å²) in [6.07, 6.45) is 9.76. The van der Waals surface area contributed by atoms with Crippen molar-refractivity contribution in [3.05, 3.63) is 59.2 Å². The highest BCUT2D eigenvalue weighted by Gasteiger charge is 2.39. The van der Waals surface area contributed by atoms with E-state index in [1.54, 1.807) is 14.2 Å². The number of piperidine rings is 1. The SMILES string of the molecule is COC(OC)C1CCN(c2ccc([C@H]3c4ccc(O)cc4CC[C@H]3C3CCC(C)(C)CC3)cc2)CC1. The Balaban J connectivity index is 1.36. The lowest BCUT2D eigenvalue weighted by atomic mass is 9.61. The maximum absolute atomic E-state index is 10.2. The Bertz CT molecular complexity index is 995. The molecule has 1 heterocycles. The average molecular weight is 492 g/mol. The van der Waals surface area contributed by atoms with Crippen LogP contribution >= 0.6 is 0 Å². The molecule has 1 aliphatic heterocycles. The van der Waals surface area contributed by atoms with Crippen molar-refractivity contribution in [3.8, 4) is 5.75 Å². The Hall–Kier alpha value is -2.04. The summed E-state index contributed by atoms with van der Waals surface area (Å²) in [5.74, 6) is 2.75. The summed E-state index contributed by atoms with van der Waals surface area (Å²) in [5.41, 5.74) is 6.03. The summed E-state index contributed by atoms with van der Waals surface area (Å²) < 4.78 is 11.0. The number of hydrogen-bond donors (Lipinski definition) is 1. The number of aryl methyl sites for hydroxylation is 1. The third-order valence-corrected chi connectivity index (χ3v) is 9.63. The van der Waals surface area contributed by atoms with Gasteiger partial charge in [-0.1, -0.05) is 32.0 Å². The molecule has 196 valence electrons. The van der Waals surface area contributed by atoms with Gasteiger partial charge in [-0.15, -0.1) is 0 Å². The number of methoxy groups -OCH3 is 2. The molecule has 0 aromatic heterocycles. The first-order valence-electron chi connectivity index (χ1n) is 14.1. The van der Waals surface area contributed by atoms with Crippen molar-refractivity contribution in [1.29, 1.82) is 0 Å². The van der Waals surface area contributed by atoms with E-state index in [-0.39, 0.29) is 6.29 Å². The topological polar surface area (TPSA) is 41.9 Å². The molecule has 0 unspecified atom stereocenters. The fraction of sp³-hybridized carbons (Fsp3) is 0.625. The lowest BCUT2D eigenvalue weighted by Gasteiger charge is -2.44. The number of hydrogen-bond acceptors (Lipinski definition) is 4. The highest BCUT2D eigenvalue weighted by atomic mass is 16.7. The molecule has 2 aliphatic carbocycles. The van der Waals surface area contributed by atoms with Gasteiger partial charge in [0.05, 0.1) is 0 Å². The van der Waals surface area contributed by atoms with Gasteiger partial charge in [0.15, 0.2) is 6.29 Å². The molecule has 0 bridgehead atoms. The van der Waals surface area contributed by atoms with E-state index in [9.17, 15) is 5.11 Å². The molecule has 0 radical (unpaired) electrons. The van der Waals surface area contributed by atoms with E-state index in [1.165, 1.54) is 54.5 Å². The number of rotatable bonds is 6. The third kappa shape index (κ3) is 5.31. The van der Waals surface area contributed by atoms with E-state index in [0.29, 0.717) is 28.9 Å². The largest absolute Gasteiger partial charge is 0.508 e. The number of ether oxygens (including phenoxy) is 2. The van der Waals surface area contributed by atoms with Gasteiger partial charge in [0.25, 0.3) is 0 Å². The summed E-state index contributed by atoms with van der Waals surface area (Å²) in [6.45, 7) is 6.95. The molecule has 2 aromatic carbocycles. The van der Waals surface area contributed by atoms with Gasteiger partial charge in [-0.2, -0.15) is 0 Å². The van der Waals surface area contributed by atoms with Crippen LogP contribution in [0.2, 0.25) is 0 Å². The first-order valence-corrected chi connectivity index (χ1v) is 14.1. The van der Waals surface area contributed by atoms with Crippen LogP contribution in [0.5, 0.6) is 5.75 Å². The number of phenolic OH excluding ortho intramolecular Hbond substituents is 1. The van der Waals surface area contributed by atoms with Crippen LogP contribution in [0, 0.1) is 23.2 Å². The van der Waals surface area contributed by atoms with E-state index >= 15 is 0 Å². The predicted octanol–water partition coefficient (Wildman–Crippen LogP) is 7.14. The molecule has 4 nitrogen and oxygen atoms in total. The fourth-order valence-corrected chi connectivity index (χ4v) is 7.42. The first-order chi connectivity index (χ1) is 17.4. The second-order valence-corrected chi connectivity index (χ2v) is 12.3. The van der Waals surface area contributed by atoms with Crippen LogP contribution in [0.25, 0.3) is 0 Å². The Morgan fingerprint density at radius 1 is 0.889 bits per heavy atom.